The summed E-state index contributed by atoms with van der Waals surface area (Å²) in [5, 5.41) is 0. The van der Waals surface area contributed by atoms with E-state index in [9.17, 15) is 0 Å². The van der Waals surface area contributed by atoms with Crippen molar-refractivity contribution in [2.24, 2.45) is 0 Å². The molecule has 0 aromatic rings. The highest BCUT2D eigenvalue weighted by Crippen LogP contribution is 2.04. The average molecular weight is 96.2 g/mol. The lowest BCUT2D eigenvalue weighted by Gasteiger charge is -2.06. The van der Waals surface area contributed by atoms with Crippen LogP contribution >= 0.6 is 0 Å². The molecule has 1 radical (unpaired) electrons. The molecule has 0 atom stereocenters. The molecule has 1 heterocycles. The molecule has 0 aromatic carbocycles. The number of hydrogen-bond acceptors (Lipinski definition) is 1. The van der Waals surface area contributed by atoms with Crippen molar-refractivity contribution in [2.75, 3.05) is 13.1 Å². The minimum Gasteiger partial charge on any atom is -0.370 e. The third-order valence-corrected chi connectivity index (χ3v) is 1.33. The van der Waals surface area contributed by atoms with Crippen molar-refractivity contribution < 1.29 is 0 Å². The molecule has 7 heavy (non-hydrogen) atoms. The zero-order valence-electron chi connectivity index (χ0n) is 4.48. The summed E-state index contributed by atoms with van der Waals surface area (Å²) < 4.78 is 0. The van der Waals surface area contributed by atoms with Gasteiger partial charge in [-0.2, -0.15) is 0 Å². The summed E-state index contributed by atoms with van der Waals surface area (Å²) in [4.78, 5) is 2.12. The maximum atomic E-state index is 3.54. The molecule has 0 unspecified atom stereocenters. The van der Waals surface area contributed by atoms with Crippen molar-refractivity contribution >= 4 is 0 Å². The summed E-state index contributed by atoms with van der Waals surface area (Å²) in [7, 11) is 0. The molecule has 1 heteroatoms. The first-order valence-electron chi connectivity index (χ1n) is 2.71. The maximum absolute atomic E-state index is 3.54. The summed E-state index contributed by atoms with van der Waals surface area (Å²) in [5.74, 6) is 0. The Balaban J connectivity index is 2.26. The van der Waals surface area contributed by atoms with Crippen molar-refractivity contribution in [3.05, 3.63) is 12.8 Å². The molecule has 0 aliphatic carbocycles. The van der Waals surface area contributed by atoms with Gasteiger partial charge >= 0.3 is 0 Å². The Bertz CT molecular complexity index is 62.6. The SMILES string of the molecule is C=[C]N1CCCC1. The van der Waals surface area contributed by atoms with Gasteiger partial charge in [0, 0.05) is 13.1 Å². The highest BCUT2D eigenvalue weighted by Gasteiger charge is 2.04. The predicted octanol–water partition coefficient (Wildman–Crippen LogP) is 1.03. The van der Waals surface area contributed by atoms with Crippen LogP contribution < -0.4 is 0 Å². The van der Waals surface area contributed by atoms with Crippen LogP contribution in [-0.2, 0) is 0 Å². The van der Waals surface area contributed by atoms with Gasteiger partial charge in [-0.15, -0.1) is 0 Å². The minimum atomic E-state index is 1.17. The summed E-state index contributed by atoms with van der Waals surface area (Å²) in [6, 6.07) is 0. The highest BCUT2D eigenvalue weighted by atomic mass is 15.1. The first-order chi connectivity index (χ1) is 3.43. The summed E-state index contributed by atoms with van der Waals surface area (Å²) >= 11 is 0. The van der Waals surface area contributed by atoms with Gasteiger partial charge in [0.2, 0.25) is 0 Å². The summed E-state index contributed by atoms with van der Waals surface area (Å²) in [6.45, 7) is 5.88. The number of hydrogen-bond donors (Lipinski definition) is 0. The lowest BCUT2D eigenvalue weighted by atomic mass is 10.4. The van der Waals surface area contributed by atoms with Crippen LogP contribution in [0.5, 0.6) is 0 Å². The molecule has 0 N–H and O–H groups in total. The number of likely N-dealkylation sites (tertiary alicyclic amines) is 1. The molecule has 39 valence electrons. The third-order valence-electron chi connectivity index (χ3n) is 1.33. The zero-order valence-corrected chi connectivity index (χ0v) is 4.48. The van der Waals surface area contributed by atoms with Gasteiger partial charge in [0.1, 0.15) is 0 Å². The molecule has 1 saturated heterocycles. The van der Waals surface area contributed by atoms with Crippen molar-refractivity contribution in [3.63, 3.8) is 0 Å². The van der Waals surface area contributed by atoms with E-state index in [0.29, 0.717) is 0 Å². The molecule has 1 nitrogen and oxygen atoms in total. The molecule has 0 saturated carbocycles. The molecule has 0 bridgehead atoms. The standard InChI is InChI=1S/C6H10N/c1-2-7-5-3-4-6-7/h1,3-6H2. The van der Waals surface area contributed by atoms with Crippen molar-refractivity contribution in [1.82, 2.24) is 4.90 Å². The molecule has 0 aromatic heterocycles. The van der Waals surface area contributed by atoms with Crippen LogP contribution in [0.1, 0.15) is 12.8 Å². The normalized spacial score (nSPS) is 20.3. The predicted molar refractivity (Wildman–Crippen MR) is 29.7 cm³/mol. The van der Waals surface area contributed by atoms with Gasteiger partial charge in [-0.1, -0.05) is 6.58 Å². The fraction of sp³-hybridized carbons (Fsp3) is 0.667. The number of nitrogens with zero attached hydrogens (tertiary/aromatic N) is 1. The summed E-state index contributed by atoms with van der Waals surface area (Å²) in [6.07, 6.45) is 5.49. The monoisotopic (exact) mass is 96.1 g/mol. The van der Waals surface area contributed by atoms with E-state index < -0.39 is 0 Å². The zero-order chi connectivity index (χ0) is 5.11. The largest absolute Gasteiger partial charge is 0.370 e. The molecule has 0 amide bonds. The van der Waals surface area contributed by atoms with E-state index in [1.54, 1.807) is 0 Å². The van der Waals surface area contributed by atoms with E-state index in [1.807, 2.05) is 0 Å². The molecule has 1 aliphatic heterocycles. The van der Waals surface area contributed by atoms with E-state index >= 15 is 0 Å². The smallest absolute Gasteiger partial charge is 0.0524 e. The first-order valence-corrected chi connectivity index (χ1v) is 2.71. The van der Waals surface area contributed by atoms with Crippen molar-refractivity contribution in [3.8, 4) is 0 Å². The lowest BCUT2D eigenvalue weighted by molar-refractivity contribution is 0.449. The van der Waals surface area contributed by atoms with Gasteiger partial charge in [-0.05, 0) is 12.8 Å². The third kappa shape index (κ3) is 0.952. The van der Waals surface area contributed by atoms with Gasteiger partial charge in [0.05, 0.1) is 6.20 Å². The maximum Gasteiger partial charge on any atom is 0.0524 e. The minimum absolute atomic E-state index is 1.17. The van der Waals surface area contributed by atoms with Gasteiger partial charge in [-0.25, -0.2) is 0 Å². The molecule has 0 spiro atoms. The summed E-state index contributed by atoms with van der Waals surface area (Å²) in [5.41, 5.74) is 0. The molecular formula is C6H10N. The Morgan fingerprint density at radius 3 is 2.14 bits per heavy atom. The Morgan fingerprint density at radius 1 is 1.29 bits per heavy atom. The van der Waals surface area contributed by atoms with Crippen LogP contribution in [0.15, 0.2) is 6.58 Å². The van der Waals surface area contributed by atoms with Crippen LogP contribution in [0, 0.1) is 6.20 Å². The Morgan fingerprint density at radius 2 is 1.86 bits per heavy atom. The molecule has 1 aliphatic rings. The second kappa shape index (κ2) is 2.01. The van der Waals surface area contributed by atoms with Gasteiger partial charge in [-0.3, -0.25) is 0 Å². The van der Waals surface area contributed by atoms with E-state index in [2.05, 4.69) is 17.7 Å². The fourth-order valence-corrected chi connectivity index (χ4v) is 0.875. The van der Waals surface area contributed by atoms with Crippen molar-refractivity contribution in [2.45, 2.75) is 12.8 Å². The number of rotatable bonds is 1. The van der Waals surface area contributed by atoms with Gasteiger partial charge < -0.3 is 4.90 Å². The van der Waals surface area contributed by atoms with Crippen molar-refractivity contribution in [1.29, 1.82) is 0 Å². The van der Waals surface area contributed by atoms with Crippen LogP contribution in [0.4, 0.5) is 0 Å². The van der Waals surface area contributed by atoms with Gasteiger partial charge in [0.25, 0.3) is 0 Å². The quantitative estimate of drug-likeness (QED) is 0.471. The van der Waals surface area contributed by atoms with E-state index in [4.69, 9.17) is 0 Å². The Kier molecular flexibility index (Phi) is 1.35. The second-order valence-corrected chi connectivity index (χ2v) is 1.85. The molecular weight excluding hydrogens is 86.1 g/mol. The van der Waals surface area contributed by atoms with Crippen LogP contribution in [0.25, 0.3) is 0 Å². The topological polar surface area (TPSA) is 3.24 Å². The van der Waals surface area contributed by atoms with Gasteiger partial charge in [0.15, 0.2) is 0 Å². The van der Waals surface area contributed by atoms with Crippen LogP contribution in [-0.4, -0.2) is 18.0 Å². The highest BCUT2D eigenvalue weighted by molar-refractivity contribution is 4.69. The Hall–Kier alpha value is -0.460. The van der Waals surface area contributed by atoms with E-state index in [0.717, 1.165) is 0 Å². The average Bonchev–Trinajstić information content (AvgIpc) is 2.14. The fourth-order valence-electron chi connectivity index (χ4n) is 0.875. The lowest BCUT2D eigenvalue weighted by Crippen LogP contribution is -2.09. The van der Waals surface area contributed by atoms with E-state index in [-0.39, 0.29) is 0 Å². The first kappa shape index (κ1) is 4.69. The molecule has 1 rings (SSSR count). The van der Waals surface area contributed by atoms with Crippen LogP contribution in [0.2, 0.25) is 0 Å². The van der Waals surface area contributed by atoms with E-state index in [1.165, 1.54) is 25.9 Å². The second-order valence-electron chi connectivity index (χ2n) is 1.85. The van der Waals surface area contributed by atoms with Crippen LogP contribution in [0.3, 0.4) is 0 Å². The Labute approximate surface area is 44.6 Å². The molecule has 1 fully saturated rings.